The Labute approximate surface area is 164 Å². The van der Waals surface area contributed by atoms with Gasteiger partial charge in [-0.25, -0.2) is 4.98 Å². The maximum absolute atomic E-state index is 12.6. The lowest BCUT2D eigenvalue weighted by Crippen LogP contribution is -2.25. The van der Waals surface area contributed by atoms with Gasteiger partial charge in [0.25, 0.3) is 5.91 Å². The lowest BCUT2D eigenvalue weighted by Gasteiger charge is -2.20. The zero-order valence-corrected chi connectivity index (χ0v) is 16.1. The maximum Gasteiger partial charge on any atom is 0.270 e. The van der Waals surface area contributed by atoms with Gasteiger partial charge >= 0.3 is 0 Å². The number of aromatic nitrogens is 2. The molecule has 3 heterocycles. The number of hydrogen-bond donors (Lipinski definition) is 3. The molecule has 0 aliphatic carbocycles. The minimum absolute atomic E-state index is 0.0262. The first kappa shape index (κ1) is 18.8. The molecule has 1 aliphatic rings. The Morgan fingerprint density at radius 2 is 2.15 bits per heavy atom. The van der Waals surface area contributed by atoms with Crippen LogP contribution in [-0.4, -0.2) is 47.6 Å². The monoisotopic (exact) mass is 405 g/mol. The number of anilines is 4. The van der Waals surface area contributed by atoms with Gasteiger partial charge in [0.05, 0.1) is 11.9 Å². The Balaban J connectivity index is 1.85. The first-order valence-electron chi connectivity index (χ1n) is 7.76. The van der Waals surface area contributed by atoms with Crippen molar-refractivity contribution in [3.63, 3.8) is 0 Å². The second-order valence-corrected chi connectivity index (χ2v) is 6.72. The normalized spacial score (nSPS) is 13.2. The zero-order chi connectivity index (χ0) is 19.6. The predicted octanol–water partition coefficient (Wildman–Crippen LogP) is 2.15. The summed E-state index contributed by atoms with van der Waals surface area (Å²) in [7, 11) is 3.49. The van der Waals surface area contributed by atoms with Gasteiger partial charge in [-0.15, -0.1) is 22.9 Å². The van der Waals surface area contributed by atoms with Crippen LogP contribution >= 0.6 is 22.9 Å². The molecule has 0 radical (unpaired) electrons. The van der Waals surface area contributed by atoms with Gasteiger partial charge in [-0.1, -0.05) is 0 Å². The van der Waals surface area contributed by atoms with Gasteiger partial charge in [0.15, 0.2) is 5.82 Å². The van der Waals surface area contributed by atoms with Crippen molar-refractivity contribution in [3.05, 3.63) is 34.8 Å². The Kier molecular flexibility index (Phi) is 5.38. The summed E-state index contributed by atoms with van der Waals surface area (Å²) in [5.41, 5.74) is 1.33. The van der Waals surface area contributed by atoms with E-state index in [9.17, 15) is 9.59 Å². The van der Waals surface area contributed by atoms with Gasteiger partial charge in [0, 0.05) is 20.3 Å². The van der Waals surface area contributed by atoms with Crippen molar-refractivity contribution in [2.75, 3.05) is 35.1 Å². The second kappa shape index (κ2) is 7.72. The molecular formula is C16H16ClN7O2S. The molecule has 0 bridgehead atoms. The number of nitrogens with one attached hydrogen (secondary N) is 3. The summed E-state index contributed by atoms with van der Waals surface area (Å²) >= 11 is 6.74. The molecule has 0 saturated carbocycles. The number of amidine groups is 1. The van der Waals surface area contributed by atoms with Gasteiger partial charge in [-0.3, -0.25) is 15.0 Å². The molecule has 0 fully saturated rings. The summed E-state index contributed by atoms with van der Waals surface area (Å²) in [4.78, 5) is 36.3. The van der Waals surface area contributed by atoms with Crippen LogP contribution in [-0.2, 0) is 4.79 Å². The SMILES string of the molecule is CN1C(=O)c2sccc2N(C)c2nc(NC(=N)/C=C\NC(=O)CCl)ncc21. The maximum atomic E-state index is 12.6. The van der Waals surface area contributed by atoms with Crippen LogP contribution in [0.5, 0.6) is 0 Å². The molecule has 2 amide bonds. The largest absolute Gasteiger partial charge is 0.332 e. The van der Waals surface area contributed by atoms with Crippen LogP contribution in [0, 0.1) is 5.41 Å². The molecule has 11 heteroatoms. The van der Waals surface area contributed by atoms with E-state index in [4.69, 9.17) is 17.0 Å². The summed E-state index contributed by atoms with van der Waals surface area (Å²) in [5, 5.41) is 14.9. The molecule has 1 aliphatic heterocycles. The van der Waals surface area contributed by atoms with Crippen molar-refractivity contribution >= 4 is 63.7 Å². The van der Waals surface area contributed by atoms with Crippen molar-refractivity contribution in [2.24, 2.45) is 0 Å². The molecule has 2 aromatic rings. The molecule has 0 atom stereocenters. The number of halogens is 1. The minimum Gasteiger partial charge on any atom is -0.332 e. The molecular weight excluding hydrogens is 390 g/mol. The molecule has 3 N–H and O–H groups in total. The molecule has 0 aromatic carbocycles. The Morgan fingerprint density at radius 3 is 2.89 bits per heavy atom. The molecule has 3 rings (SSSR count). The average molecular weight is 406 g/mol. The fraction of sp³-hybridized carbons (Fsp3) is 0.188. The standard InChI is InChI=1S/C16H16ClN7O2S/c1-23-9-4-6-27-13(9)15(26)24(2)10-8-20-16(22-14(10)23)21-11(18)3-5-19-12(25)7-17/h3-6,8H,7H2,1-2H3,(H,19,25)(H2,18,20,21,22)/b5-3-. The summed E-state index contributed by atoms with van der Waals surface area (Å²) in [5.74, 6) is 0.0405. The first-order valence-corrected chi connectivity index (χ1v) is 9.17. The van der Waals surface area contributed by atoms with Gasteiger partial charge in [-0.05, 0) is 17.5 Å². The topological polar surface area (TPSA) is 114 Å². The molecule has 140 valence electrons. The van der Waals surface area contributed by atoms with Gasteiger partial charge < -0.3 is 20.4 Å². The Morgan fingerprint density at radius 1 is 1.37 bits per heavy atom. The number of hydrogen-bond acceptors (Lipinski definition) is 7. The average Bonchev–Trinajstić information content (AvgIpc) is 3.13. The number of fused-ring (bicyclic) bond motifs is 2. The number of nitrogens with zero attached hydrogens (tertiary/aromatic N) is 4. The van der Waals surface area contributed by atoms with Crippen LogP contribution in [0.3, 0.4) is 0 Å². The van der Waals surface area contributed by atoms with E-state index in [0.29, 0.717) is 16.4 Å². The van der Waals surface area contributed by atoms with E-state index in [1.165, 1.54) is 34.7 Å². The van der Waals surface area contributed by atoms with Gasteiger partial charge in [-0.2, -0.15) is 4.98 Å². The highest BCUT2D eigenvalue weighted by Gasteiger charge is 2.30. The minimum atomic E-state index is -0.372. The fourth-order valence-corrected chi connectivity index (χ4v) is 3.40. The van der Waals surface area contributed by atoms with Crippen molar-refractivity contribution < 1.29 is 9.59 Å². The van der Waals surface area contributed by atoms with E-state index < -0.39 is 0 Å². The third-order valence-electron chi connectivity index (χ3n) is 3.80. The Bertz CT molecular complexity index is 943. The number of carbonyl (C=O) groups excluding carboxylic acids is 2. The number of alkyl halides is 1. The highest BCUT2D eigenvalue weighted by atomic mass is 35.5. The second-order valence-electron chi connectivity index (χ2n) is 5.53. The van der Waals surface area contributed by atoms with Crippen molar-refractivity contribution in [2.45, 2.75) is 0 Å². The fourth-order valence-electron chi connectivity index (χ4n) is 2.43. The summed E-state index contributed by atoms with van der Waals surface area (Å²) in [6, 6.07) is 1.86. The van der Waals surface area contributed by atoms with E-state index in [2.05, 4.69) is 20.6 Å². The molecule has 2 aromatic heterocycles. The predicted molar refractivity (Wildman–Crippen MR) is 106 cm³/mol. The summed E-state index contributed by atoms with van der Waals surface area (Å²) in [6.45, 7) is 0. The van der Waals surface area contributed by atoms with E-state index in [0.717, 1.165) is 5.69 Å². The van der Waals surface area contributed by atoms with E-state index in [1.54, 1.807) is 7.05 Å². The van der Waals surface area contributed by atoms with Gasteiger partial charge in [0.1, 0.15) is 22.3 Å². The zero-order valence-electron chi connectivity index (χ0n) is 14.5. The van der Waals surface area contributed by atoms with Crippen molar-refractivity contribution in [1.82, 2.24) is 15.3 Å². The number of amides is 2. The number of thiophene rings is 1. The quantitative estimate of drug-likeness (QED) is 0.408. The number of rotatable bonds is 4. The van der Waals surface area contributed by atoms with Crippen LogP contribution in [0.4, 0.5) is 23.1 Å². The lowest BCUT2D eigenvalue weighted by atomic mass is 10.3. The first-order chi connectivity index (χ1) is 12.9. The lowest BCUT2D eigenvalue weighted by molar-refractivity contribution is -0.117. The van der Waals surface area contributed by atoms with Gasteiger partial charge in [0.2, 0.25) is 11.9 Å². The summed E-state index contributed by atoms with van der Waals surface area (Å²) < 4.78 is 0. The van der Waals surface area contributed by atoms with Crippen LogP contribution in [0.1, 0.15) is 9.67 Å². The Hall–Kier alpha value is -2.98. The highest BCUT2D eigenvalue weighted by molar-refractivity contribution is 7.12. The van der Waals surface area contributed by atoms with E-state index in [-0.39, 0.29) is 29.5 Å². The third kappa shape index (κ3) is 3.76. The van der Waals surface area contributed by atoms with Crippen molar-refractivity contribution in [1.29, 1.82) is 5.41 Å². The van der Waals surface area contributed by atoms with Crippen LogP contribution < -0.4 is 20.4 Å². The van der Waals surface area contributed by atoms with E-state index >= 15 is 0 Å². The molecule has 9 nitrogen and oxygen atoms in total. The number of carbonyl (C=O) groups is 2. The molecule has 27 heavy (non-hydrogen) atoms. The van der Waals surface area contributed by atoms with Crippen LogP contribution in [0.2, 0.25) is 0 Å². The molecule has 0 spiro atoms. The third-order valence-corrected chi connectivity index (χ3v) is 4.93. The molecule has 0 saturated heterocycles. The van der Waals surface area contributed by atoms with Crippen LogP contribution in [0.15, 0.2) is 29.9 Å². The highest BCUT2D eigenvalue weighted by Crippen LogP contribution is 2.39. The summed E-state index contributed by atoms with van der Waals surface area (Å²) in [6.07, 6.45) is 4.18. The molecule has 0 unspecified atom stereocenters. The van der Waals surface area contributed by atoms with Crippen molar-refractivity contribution in [3.8, 4) is 0 Å². The van der Waals surface area contributed by atoms with E-state index in [1.807, 2.05) is 23.4 Å². The smallest absolute Gasteiger partial charge is 0.270 e. The van der Waals surface area contributed by atoms with Crippen LogP contribution in [0.25, 0.3) is 0 Å².